The van der Waals surface area contributed by atoms with Gasteiger partial charge < -0.3 is 10.5 Å². The van der Waals surface area contributed by atoms with E-state index < -0.39 is 23.7 Å². The van der Waals surface area contributed by atoms with Crippen molar-refractivity contribution in [2.75, 3.05) is 5.73 Å². The summed E-state index contributed by atoms with van der Waals surface area (Å²) in [5, 5.41) is 0. The SMILES string of the molecule is Nc1ccc2c(c1)C(=O)OC2Cc1ccc(F)c(F)c1. The third-order valence-corrected chi connectivity index (χ3v) is 3.30. The predicted molar refractivity (Wildman–Crippen MR) is 69.1 cm³/mol. The summed E-state index contributed by atoms with van der Waals surface area (Å²) in [5.41, 5.74) is 7.82. The lowest BCUT2D eigenvalue weighted by Crippen LogP contribution is -2.03. The van der Waals surface area contributed by atoms with Crippen LogP contribution in [-0.4, -0.2) is 5.97 Å². The zero-order valence-corrected chi connectivity index (χ0v) is 10.4. The highest BCUT2D eigenvalue weighted by molar-refractivity contribution is 5.95. The van der Waals surface area contributed by atoms with Crippen molar-refractivity contribution in [3.8, 4) is 0 Å². The van der Waals surface area contributed by atoms with Crippen LogP contribution in [0.5, 0.6) is 0 Å². The number of rotatable bonds is 2. The van der Waals surface area contributed by atoms with Gasteiger partial charge in [0.25, 0.3) is 0 Å². The van der Waals surface area contributed by atoms with Crippen LogP contribution in [0.2, 0.25) is 0 Å². The minimum atomic E-state index is -0.913. The van der Waals surface area contributed by atoms with Gasteiger partial charge in [0.1, 0.15) is 6.10 Å². The van der Waals surface area contributed by atoms with E-state index >= 15 is 0 Å². The monoisotopic (exact) mass is 275 g/mol. The number of esters is 1. The number of carbonyl (C=O) groups is 1. The standard InChI is InChI=1S/C15H11F2NO2/c16-12-4-1-8(5-13(12)17)6-14-10-3-2-9(18)7-11(10)15(19)20-14/h1-5,7,14H,6,18H2. The summed E-state index contributed by atoms with van der Waals surface area (Å²) in [7, 11) is 0. The minimum absolute atomic E-state index is 0.292. The lowest BCUT2D eigenvalue weighted by molar-refractivity contribution is 0.0387. The molecule has 1 heterocycles. The molecule has 0 saturated carbocycles. The van der Waals surface area contributed by atoms with Crippen molar-refractivity contribution in [2.24, 2.45) is 0 Å². The molecule has 0 saturated heterocycles. The summed E-state index contributed by atoms with van der Waals surface area (Å²) >= 11 is 0. The molecule has 0 amide bonds. The number of halogens is 2. The van der Waals surface area contributed by atoms with Gasteiger partial charge in [-0.2, -0.15) is 0 Å². The zero-order chi connectivity index (χ0) is 14.3. The smallest absolute Gasteiger partial charge is 0.339 e. The molecule has 0 aliphatic carbocycles. The number of hydrogen-bond acceptors (Lipinski definition) is 3. The van der Waals surface area contributed by atoms with Gasteiger partial charge in [-0.25, -0.2) is 13.6 Å². The molecule has 0 aromatic heterocycles. The first kappa shape index (κ1) is 12.6. The van der Waals surface area contributed by atoms with Crippen molar-refractivity contribution in [1.29, 1.82) is 0 Å². The third kappa shape index (κ3) is 2.11. The molecule has 102 valence electrons. The molecule has 1 aliphatic heterocycles. The first-order chi connectivity index (χ1) is 9.54. The Kier molecular flexibility index (Phi) is 2.89. The minimum Gasteiger partial charge on any atom is -0.454 e. The van der Waals surface area contributed by atoms with E-state index in [1.165, 1.54) is 6.07 Å². The van der Waals surface area contributed by atoms with E-state index in [4.69, 9.17) is 10.5 Å². The number of benzene rings is 2. The molecule has 2 aromatic carbocycles. The van der Waals surface area contributed by atoms with Crippen LogP contribution in [0.1, 0.15) is 27.6 Å². The van der Waals surface area contributed by atoms with Gasteiger partial charge in [0.15, 0.2) is 11.6 Å². The molecule has 2 aromatic rings. The third-order valence-electron chi connectivity index (χ3n) is 3.30. The van der Waals surface area contributed by atoms with Crippen LogP contribution in [0, 0.1) is 11.6 Å². The Balaban J connectivity index is 1.90. The molecule has 20 heavy (non-hydrogen) atoms. The second-order valence-electron chi connectivity index (χ2n) is 4.69. The lowest BCUT2D eigenvalue weighted by atomic mass is 9.99. The van der Waals surface area contributed by atoms with E-state index in [0.29, 0.717) is 28.8 Å². The molecule has 5 heteroatoms. The fourth-order valence-electron chi connectivity index (χ4n) is 2.32. The van der Waals surface area contributed by atoms with Crippen molar-refractivity contribution in [3.63, 3.8) is 0 Å². The van der Waals surface area contributed by atoms with Crippen molar-refractivity contribution >= 4 is 11.7 Å². The maximum absolute atomic E-state index is 13.2. The van der Waals surface area contributed by atoms with Crippen LogP contribution >= 0.6 is 0 Å². The molecule has 0 spiro atoms. The molecular formula is C15H11F2NO2. The Morgan fingerprint density at radius 3 is 2.65 bits per heavy atom. The summed E-state index contributed by atoms with van der Waals surface area (Å²) in [6, 6.07) is 8.60. The van der Waals surface area contributed by atoms with Gasteiger partial charge in [-0.1, -0.05) is 12.1 Å². The number of anilines is 1. The Morgan fingerprint density at radius 2 is 1.90 bits per heavy atom. The highest BCUT2D eigenvalue weighted by atomic mass is 19.2. The molecule has 0 bridgehead atoms. The number of ether oxygens (including phenoxy) is 1. The largest absolute Gasteiger partial charge is 0.454 e. The molecule has 1 atom stereocenters. The van der Waals surface area contributed by atoms with Gasteiger partial charge >= 0.3 is 5.97 Å². The van der Waals surface area contributed by atoms with E-state index in [2.05, 4.69) is 0 Å². The number of nitrogen functional groups attached to an aromatic ring is 1. The number of hydrogen-bond donors (Lipinski definition) is 1. The van der Waals surface area contributed by atoms with Gasteiger partial charge in [-0.3, -0.25) is 0 Å². The lowest BCUT2D eigenvalue weighted by Gasteiger charge is -2.11. The average Bonchev–Trinajstić information content (AvgIpc) is 2.70. The second-order valence-corrected chi connectivity index (χ2v) is 4.69. The van der Waals surface area contributed by atoms with Crippen LogP contribution in [0.3, 0.4) is 0 Å². The molecule has 1 aliphatic rings. The van der Waals surface area contributed by atoms with Crippen molar-refractivity contribution in [2.45, 2.75) is 12.5 Å². The Hall–Kier alpha value is -2.43. The first-order valence-electron chi connectivity index (χ1n) is 6.09. The van der Waals surface area contributed by atoms with E-state index in [0.717, 1.165) is 12.1 Å². The van der Waals surface area contributed by atoms with E-state index in [1.807, 2.05) is 0 Å². The molecule has 2 N–H and O–H groups in total. The number of fused-ring (bicyclic) bond motifs is 1. The Morgan fingerprint density at radius 1 is 1.10 bits per heavy atom. The van der Waals surface area contributed by atoms with Crippen LogP contribution in [0.25, 0.3) is 0 Å². The van der Waals surface area contributed by atoms with E-state index in [-0.39, 0.29) is 0 Å². The van der Waals surface area contributed by atoms with Crippen molar-refractivity contribution in [1.82, 2.24) is 0 Å². The fraction of sp³-hybridized carbons (Fsp3) is 0.133. The number of carbonyl (C=O) groups excluding carboxylic acids is 1. The average molecular weight is 275 g/mol. The summed E-state index contributed by atoms with van der Waals surface area (Å²) in [6.07, 6.45) is -0.206. The molecule has 0 radical (unpaired) electrons. The van der Waals surface area contributed by atoms with Crippen LogP contribution in [0.4, 0.5) is 14.5 Å². The van der Waals surface area contributed by atoms with E-state index in [9.17, 15) is 13.6 Å². The van der Waals surface area contributed by atoms with Gasteiger partial charge in [0, 0.05) is 17.7 Å². The zero-order valence-electron chi connectivity index (χ0n) is 10.4. The Labute approximate surface area is 114 Å². The van der Waals surface area contributed by atoms with Gasteiger partial charge in [0.2, 0.25) is 0 Å². The van der Waals surface area contributed by atoms with Crippen LogP contribution in [0.15, 0.2) is 36.4 Å². The van der Waals surface area contributed by atoms with Crippen LogP contribution < -0.4 is 5.73 Å². The van der Waals surface area contributed by atoms with E-state index in [1.54, 1.807) is 18.2 Å². The maximum Gasteiger partial charge on any atom is 0.339 e. The van der Waals surface area contributed by atoms with Gasteiger partial charge in [0.05, 0.1) is 5.56 Å². The molecular weight excluding hydrogens is 264 g/mol. The first-order valence-corrected chi connectivity index (χ1v) is 6.09. The normalized spacial score (nSPS) is 16.9. The molecule has 1 unspecified atom stereocenters. The summed E-state index contributed by atoms with van der Waals surface area (Å²) in [4.78, 5) is 11.7. The maximum atomic E-state index is 13.2. The number of cyclic esters (lactones) is 1. The molecule has 3 nitrogen and oxygen atoms in total. The highest BCUT2D eigenvalue weighted by Gasteiger charge is 2.31. The quantitative estimate of drug-likeness (QED) is 0.677. The van der Waals surface area contributed by atoms with Crippen molar-refractivity contribution in [3.05, 3.63) is 64.7 Å². The predicted octanol–water partition coefficient (Wildman–Crippen LogP) is 3.00. The Bertz CT molecular complexity index is 700. The molecule has 0 fully saturated rings. The van der Waals surface area contributed by atoms with Crippen molar-refractivity contribution < 1.29 is 18.3 Å². The highest BCUT2D eigenvalue weighted by Crippen LogP contribution is 2.34. The van der Waals surface area contributed by atoms with Gasteiger partial charge in [-0.15, -0.1) is 0 Å². The molecule has 3 rings (SSSR count). The fourth-order valence-corrected chi connectivity index (χ4v) is 2.32. The summed E-state index contributed by atoms with van der Waals surface area (Å²) < 4.78 is 31.3. The van der Waals surface area contributed by atoms with Gasteiger partial charge in [-0.05, 0) is 29.8 Å². The number of nitrogens with two attached hydrogens (primary N) is 1. The second kappa shape index (κ2) is 4.59. The summed E-state index contributed by atoms with van der Waals surface area (Å²) in [6.45, 7) is 0. The van der Waals surface area contributed by atoms with Crippen LogP contribution in [-0.2, 0) is 11.2 Å². The summed E-state index contributed by atoms with van der Waals surface area (Å²) in [5.74, 6) is -2.26. The topological polar surface area (TPSA) is 52.3 Å².